The molecule has 2 aromatic carbocycles. The molecule has 4 rings (SSSR count). The van der Waals surface area contributed by atoms with Crippen LogP contribution in [0.1, 0.15) is 24.5 Å². The highest BCUT2D eigenvalue weighted by Gasteiger charge is 2.45. The zero-order valence-corrected chi connectivity index (χ0v) is 15.9. The first-order valence-corrected chi connectivity index (χ1v) is 11.0. The lowest BCUT2D eigenvalue weighted by Crippen LogP contribution is -2.29. The van der Waals surface area contributed by atoms with E-state index in [4.69, 9.17) is 0 Å². The van der Waals surface area contributed by atoms with E-state index >= 15 is 0 Å². The summed E-state index contributed by atoms with van der Waals surface area (Å²) in [6, 6.07) is 15.4. The fourth-order valence-electron chi connectivity index (χ4n) is 4.59. The maximum absolute atomic E-state index is 12.9. The molecule has 5 nitrogen and oxygen atoms in total. The summed E-state index contributed by atoms with van der Waals surface area (Å²) in [6.45, 7) is 2.20. The molecule has 1 aliphatic carbocycles. The van der Waals surface area contributed by atoms with Gasteiger partial charge in [-0.25, -0.2) is 8.42 Å². The van der Waals surface area contributed by atoms with Crippen LogP contribution in [-0.2, 0) is 9.84 Å². The Kier molecular flexibility index (Phi) is 4.97. The van der Waals surface area contributed by atoms with Gasteiger partial charge in [-0.3, -0.25) is 4.90 Å². The van der Waals surface area contributed by atoms with E-state index in [1.807, 2.05) is 6.07 Å². The Labute approximate surface area is 160 Å². The molecular formula is C21H25NO4S. The molecule has 1 heterocycles. The van der Waals surface area contributed by atoms with Gasteiger partial charge in [0.15, 0.2) is 9.84 Å². The number of sulfone groups is 1. The molecule has 0 spiro atoms. The second kappa shape index (κ2) is 7.26. The van der Waals surface area contributed by atoms with Crippen LogP contribution < -0.4 is 0 Å². The van der Waals surface area contributed by atoms with Crippen molar-refractivity contribution in [2.75, 3.05) is 19.6 Å². The number of nitrogens with zero attached hydrogens (tertiary/aromatic N) is 1. The number of phenols is 1. The summed E-state index contributed by atoms with van der Waals surface area (Å²) in [5.74, 6) is 0.938. The maximum Gasteiger partial charge on any atom is 0.181 e. The first-order valence-electron chi connectivity index (χ1n) is 9.42. The summed E-state index contributed by atoms with van der Waals surface area (Å²) in [6.07, 6.45) is 0.801. The van der Waals surface area contributed by atoms with Crippen molar-refractivity contribution >= 4 is 9.84 Å². The van der Waals surface area contributed by atoms with E-state index in [2.05, 4.69) is 4.90 Å². The molecule has 2 N–H and O–H groups in total. The van der Waals surface area contributed by atoms with E-state index in [-0.39, 0.29) is 11.0 Å². The van der Waals surface area contributed by atoms with Crippen LogP contribution in [0, 0.1) is 11.8 Å². The molecule has 0 aromatic heterocycles. The van der Waals surface area contributed by atoms with E-state index in [9.17, 15) is 18.6 Å². The number of hydrogen-bond acceptors (Lipinski definition) is 5. The summed E-state index contributed by atoms with van der Waals surface area (Å²) >= 11 is 0. The number of aliphatic hydroxyl groups excluding tert-OH is 1. The van der Waals surface area contributed by atoms with Crippen LogP contribution in [0.4, 0.5) is 0 Å². The number of aliphatic hydroxyl groups is 1. The smallest absolute Gasteiger partial charge is 0.181 e. The third kappa shape index (κ3) is 3.74. The standard InChI is InChI=1S/C21H25NO4S/c23-18-8-6-15(7-9-18)21(24)14-22-12-16-10-20(11-17(16)13-22)27(25,26)19-4-2-1-3-5-19/h1-9,16-17,20-21,23-24H,10-14H2/t16-,17+,20?,21-/m1/s1. The van der Waals surface area contributed by atoms with Gasteiger partial charge in [0.05, 0.1) is 16.2 Å². The number of fused-ring (bicyclic) bond motifs is 1. The van der Waals surface area contributed by atoms with Gasteiger partial charge in [-0.05, 0) is 54.5 Å². The molecule has 1 saturated heterocycles. The van der Waals surface area contributed by atoms with Gasteiger partial charge in [0.1, 0.15) is 5.75 Å². The first-order chi connectivity index (χ1) is 12.9. The molecule has 0 bridgehead atoms. The van der Waals surface area contributed by atoms with Crippen molar-refractivity contribution in [3.63, 3.8) is 0 Å². The highest BCUT2D eigenvalue weighted by molar-refractivity contribution is 7.92. The average Bonchev–Trinajstić information content (AvgIpc) is 3.22. The molecule has 6 heteroatoms. The fourth-order valence-corrected chi connectivity index (χ4v) is 6.52. The first kappa shape index (κ1) is 18.5. The van der Waals surface area contributed by atoms with Gasteiger partial charge in [-0.2, -0.15) is 0 Å². The lowest BCUT2D eigenvalue weighted by Gasteiger charge is -2.22. The van der Waals surface area contributed by atoms with Crippen molar-refractivity contribution < 1.29 is 18.6 Å². The lowest BCUT2D eigenvalue weighted by atomic mass is 10.0. The van der Waals surface area contributed by atoms with Crippen molar-refractivity contribution in [3.8, 4) is 5.75 Å². The van der Waals surface area contributed by atoms with Crippen molar-refractivity contribution in [2.24, 2.45) is 11.8 Å². The summed E-state index contributed by atoms with van der Waals surface area (Å²) in [4.78, 5) is 2.66. The number of aromatic hydroxyl groups is 1. The van der Waals surface area contributed by atoms with E-state index < -0.39 is 15.9 Å². The second-order valence-electron chi connectivity index (χ2n) is 7.80. The van der Waals surface area contributed by atoms with Gasteiger partial charge in [0.25, 0.3) is 0 Å². The summed E-state index contributed by atoms with van der Waals surface area (Å²) in [5, 5.41) is 19.5. The number of β-amino-alcohol motifs (C(OH)–C–C–N with tert-alkyl or cyclic N) is 1. The largest absolute Gasteiger partial charge is 0.508 e. The Bertz CT molecular complexity index is 868. The lowest BCUT2D eigenvalue weighted by molar-refractivity contribution is 0.122. The molecule has 2 aromatic rings. The van der Waals surface area contributed by atoms with Gasteiger partial charge in [-0.15, -0.1) is 0 Å². The van der Waals surface area contributed by atoms with Gasteiger partial charge < -0.3 is 10.2 Å². The average molecular weight is 388 g/mol. The molecule has 2 aliphatic rings. The minimum atomic E-state index is -3.26. The molecule has 1 unspecified atom stereocenters. The normalized spacial score (nSPS) is 26.8. The minimum absolute atomic E-state index is 0.187. The monoisotopic (exact) mass is 387 g/mol. The van der Waals surface area contributed by atoms with Crippen molar-refractivity contribution in [1.29, 1.82) is 0 Å². The van der Waals surface area contributed by atoms with Crippen molar-refractivity contribution in [1.82, 2.24) is 4.90 Å². The number of benzene rings is 2. The van der Waals surface area contributed by atoms with Crippen LogP contribution in [0.2, 0.25) is 0 Å². The van der Waals surface area contributed by atoms with E-state index in [1.165, 1.54) is 0 Å². The number of hydrogen-bond donors (Lipinski definition) is 2. The Hall–Kier alpha value is -1.89. The third-order valence-electron chi connectivity index (χ3n) is 6.00. The second-order valence-corrected chi connectivity index (χ2v) is 10.0. The predicted molar refractivity (Wildman–Crippen MR) is 103 cm³/mol. The summed E-state index contributed by atoms with van der Waals surface area (Å²) in [5.41, 5.74) is 0.786. The highest BCUT2D eigenvalue weighted by atomic mass is 32.2. The van der Waals surface area contributed by atoms with E-state index in [1.54, 1.807) is 48.5 Å². The van der Waals surface area contributed by atoms with Crippen LogP contribution in [-0.4, -0.2) is 48.4 Å². The van der Waals surface area contributed by atoms with Gasteiger partial charge in [0, 0.05) is 19.6 Å². The van der Waals surface area contributed by atoms with Crippen molar-refractivity contribution in [3.05, 3.63) is 60.2 Å². The minimum Gasteiger partial charge on any atom is -0.508 e. The molecule has 0 amide bonds. The summed E-state index contributed by atoms with van der Waals surface area (Å²) < 4.78 is 25.7. The van der Waals surface area contributed by atoms with Crippen LogP contribution >= 0.6 is 0 Å². The summed E-state index contributed by atoms with van der Waals surface area (Å²) in [7, 11) is -3.26. The molecule has 1 saturated carbocycles. The molecule has 1 aliphatic heterocycles. The highest BCUT2D eigenvalue weighted by Crippen LogP contribution is 2.42. The topological polar surface area (TPSA) is 77.8 Å². The Morgan fingerprint density at radius 3 is 2.15 bits per heavy atom. The predicted octanol–water partition coefficient (Wildman–Crippen LogP) is 2.61. The van der Waals surface area contributed by atoms with Gasteiger partial charge >= 0.3 is 0 Å². The van der Waals surface area contributed by atoms with Gasteiger partial charge in [-0.1, -0.05) is 30.3 Å². The van der Waals surface area contributed by atoms with Crippen molar-refractivity contribution in [2.45, 2.75) is 29.1 Å². The SMILES string of the molecule is O=S(=O)(c1ccccc1)C1C[C@@H]2CN(C[C@@H](O)c3ccc(O)cc3)C[C@@H]2C1. The Balaban J connectivity index is 1.36. The molecule has 144 valence electrons. The molecule has 4 atom stereocenters. The Morgan fingerprint density at radius 1 is 0.963 bits per heavy atom. The van der Waals surface area contributed by atoms with E-state index in [0.717, 1.165) is 18.7 Å². The zero-order valence-electron chi connectivity index (χ0n) is 15.1. The quantitative estimate of drug-likeness (QED) is 0.825. The number of likely N-dealkylation sites (tertiary alicyclic amines) is 1. The number of phenolic OH excluding ortho intramolecular Hbond substituents is 1. The zero-order chi connectivity index (χ0) is 19.0. The fraction of sp³-hybridized carbons (Fsp3) is 0.429. The maximum atomic E-state index is 12.9. The van der Waals surface area contributed by atoms with E-state index in [0.29, 0.717) is 36.1 Å². The van der Waals surface area contributed by atoms with Crippen LogP contribution in [0.25, 0.3) is 0 Å². The number of rotatable bonds is 5. The molecule has 2 fully saturated rings. The van der Waals surface area contributed by atoms with Crippen LogP contribution in [0.15, 0.2) is 59.5 Å². The Morgan fingerprint density at radius 2 is 1.56 bits per heavy atom. The van der Waals surface area contributed by atoms with Gasteiger partial charge in [0.2, 0.25) is 0 Å². The molecule has 0 radical (unpaired) electrons. The van der Waals surface area contributed by atoms with Crippen LogP contribution in [0.5, 0.6) is 5.75 Å². The van der Waals surface area contributed by atoms with Crippen LogP contribution in [0.3, 0.4) is 0 Å². The molecular weight excluding hydrogens is 362 g/mol. The molecule has 27 heavy (non-hydrogen) atoms. The third-order valence-corrected chi connectivity index (χ3v) is 8.19.